The largest absolute Gasteiger partial charge is 0.489 e. The van der Waals surface area contributed by atoms with Crippen molar-refractivity contribution in [2.24, 2.45) is 5.73 Å². The summed E-state index contributed by atoms with van der Waals surface area (Å²) in [5.41, 5.74) is 5.41. The summed E-state index contributed by atoms with van der Waals surface area (Å²) in [7, 11) is 0. The average molecular weight is 159 g/mol. The Morgan fingerprint density at radius 3 is 2.18 bits per heavy atom. The summed E-state index contributed by atoms with van der Waals surface area (Å²) in [6.07, 6.45) is -0.284. The zero-order chi connectivity index (χ0) is 8.85. The molecule has 0 aromatic carbocycles. The lowest BCUT2D eigenvalue weighted by atomic mass is 10.4. The first-order chi connectivity index (χ1) is 5.20. The number of rotatable bonds is 0. The third-order valence-corrected chi connectivity index (χ3v) is 1.29. The summed E-state index contributed by atoms with van der Waals surface area (Å²) < 4.78 is 10.3. The van der Waals surface area contributed by atoms with Crippen molar-refractivity contribution in [3.63, 3.8) is 0 Å². The predicted octanol–water partition coefficient (Wildman–Crippen LogP) is 1.60. The Kier molecular flexibility index (Phi) is 4.70. The van der Waals surface area contributed by atoms with E-state index in [-0.39, 0.29) is 6.23 Å². The van der Waals surface area contributed by atoms with Crippen LogP contribution < -0.4 is 5.73 Å². The third kappa shape index (κ3) is 3.28. The van der Waals surface area contributed by atoms with E-state index in [0.29, 0.717) is 6.61 Å². The predicted molar refractivity (Wildman–Crippen MR) is 44.7 cm³/mol. The van der Waals surface area contributed by atoms with Gasteiger partial charge < -0.3 is 9.47 Å². The van der Waals surface area contributed by atoms with Gasteiger partial charge in [-0.1, -0.05) is 13.8 Å². The monoisotopic (exact) mass is 159 g/mol. The molecule has 0 aliphatic carbocycles. The fourth-order valence-corrected chi connectivity index (χ4v) is 0.653. The van der Waals surface area contributed by atoms with E-state index < -0.39 is 0 Å². The first kappa shape index (κ1) is 10.3. The minimum Gasteiger partial charge on any atom is -0.489 e. The number of nitrogens with two attached hydrogens (primary N) is 1. The van der Waals surface area contributed by atoms with E-state index in [9.17, 15) is 0 Å². The maximum Gasteiger partial charge on any atom is 0.181 e. The highest BCUT2D eigenvalue weighted by Gasteiger charge is 2.13. The molecule has 1 rings (SSSR count). The minimum atomic E-state index is -0.284. The topological polar surface area (TPSA) is 44.5 Å². The van der Waals surface area contributed by atoms with Gasteiger partial charge in [-0.2, -0.15) is 0 Å². The van der Waals surface area contributed by atoms with E-state index in [1.165, 1.54) is 0 Å². The van der Waals surface area contributed by atoms with Gasteiger partial charge in [-0.3, -0.25) is 5.73 Å². The third-order valence-electron chi connectivity index (χ3n) is 1.29. The van der Waals surface area contributed by atoms with Gasteiger partial charge in [0.1, 0.15) is 18.1 Å². The number of ether oxygens (including phenoxy) is 2. The molecule has 1 atom stereocenters. The highest BCUT2D eigenvalue weighted by atomic mass is 16.6. The molecular weight excluding hydrogens is 142 g/mol. The molecule has 3 nitrogen and oxygen atoms in total. The first-order valence-electron chi connectivity index (χ1n) is 3.92. The van der Waals surface area contributed by atoms with Crippen molar-refractivity contribution >= 4 is 0 Å². The normalized spacial score (nSPS) is 22.8. The zero-order valence-electron chi connectivity index (χ0n) is 7.68. The molecule has 0 spiro atoms. The SMILES string of the molecule is CC.CC1=C(C)OC(N)CO1. The van der Waals surface area contributed by atoms with E-state index in [0.717, 1.165) is 11.5 Å². The smallest absolute Gasteiger partial charge is 0.181 e. The fraction of sp³-hybridized carbons (Fsp3) is 0.750. The Balaban J connectivity index is 0.000000461. The number of hydrogen-bond donors (Lipinski definition) is 1. The molecule has 66 valence electrons. The van der Waals surface area contributed by atoms with Gasteiger partial charge in [-0.05, 0) is 13.8 Å². The van der Waals surface area contributed by atoms with Crippen LogP contribution in [0.5, 0.6) is 0 Å². The Bertz CT molecular complexity index is 143. The lowest BCUT2D eigenvalue weighted by Gasteiger charge is -2.22. The Labute approximate surface area is 68.2 Å². The highest BCUT2D eigenvalue weighted by Crippen LogP contribution is 2.13. The summed E-state index contributed by atoms with van der Waals surface area (Å²) in [5, 5.41) is 0. The van der Waals surface area contributed by atoms with Crippen molar-refractivity contribution in [3.05, 3.63) is 11.5 Å². The van der Waals surface area contributed by atoms with E-state index in [2.05, 4.69) is 0 Å². The van der Waals surface area contributed by atoms with E-state index in [1.807, 2.05) is 27.7 Å². The van der Waals surface area contributed by atoms with Gasteiger partial charge in [-0.25, -0.2) is 0 Å². The van der Waals surface area contributed by atoms with Crippen molar-refractivity contribution in [3.8, 4) is 0 Å². The minimum absolute atomic E-state index is 0.284. The second-order valence-electron chi connectivity index (χ2n) is 2.08. The lowest BCUT2D eigenvalue weighted by molar-refractivity contribution is 0.00188. The summed E-state index contributed by atoms with van der Waals surface area (Å²) >= 11 is 0. The average Bonchev–Trinajstić information content (AvgIpc) is 2.02. The summed E-state index contributed by atoms with van der Waals surface area (Å²) in [6, 6.07) is 0. The van der Waals surface area contributed by atoms with Gasteiger partial charge in [0.2, 0.25) is 0 Å². The number of hydrogen-bond acceptors (Lipinski definition) is 3. The standard InChI is InChI=1S/C6H11NO2.C2H6/c1-4-5(2)9-6(7)3-8-4;1-2/h6H,3,7H2,1-2H3;1-2H3. The molecule has 0 aromatic heterocycles. The zero-order valence-corrected chi connectivity index (χ0v) is 7.68. The van der Waals surface area contributed by atoms with E-state index in [1.54, 1.807) is 0 Å². The second kappa shape index (κ2) is 5.02. The maximum absolute atomic E-state index is 5.41. The van der Waals surface area contributed by atoms with Crippen molar-refractivity contribution in [1.82, 2.24) is 0 Å². The molecule has 1 aliphatic heterocycles. The molecule has 0 saturated carbocycles. The lowest BCUT2D eigenvalue weighted by Crippen LogP contribution is -2.32. The van der Waals surface area contributed by atoms with Gasteiger partial charge >= 0.3 is 0 Å². The van der Waals surface area contributed by atoms with Crippen LogP contribution in [0.4, 0.5) is 0 Å². The van der Waals surface area contributed by atoms with Gasteiger partial charge in [0.05, 0.1) is 0 Å². The molecule has 1 aliphatic rings. The van der Waals surface area contributed by atoms with Gasteiger partial charge in [0.25, 0.3) is 0 Å². The van der Waals surface area contributed by atoms with Crippen LogP contribution in [-0.4, -0.2) is 12.8 Å². The van der Waals surface area contributed by atoms with Crippen LogP contribution in [0.2, 0.25) is 0 Å². The Morgan fingerprint density at radius 1 is 1.27 bits per heavy atom. The molecule has 0 saturated heterocycles. The van der Waals surface area contributed by atoms with Crippen LogP contribution in [0, 0.1) is 0 Å². The van der Waals surface area contributed by atoms with Gasteiger partial charge in [-0.15, -0.1) is 0 Å². The van der Waals surface area contributed by atoms with Crippen LogP contribution in [0.1, 0.15) is 27.7 Å². The molecule has 2 N–H and O–H groups in total. The van der Waals surface area contributed by atoms with Crippen molar-refractivity contribution in [2.45, 2.75) is 33.9 Å². The van der Waals surface area contributed by atoms with Crippen LogP contribution in [0.3, 0.4) is 0 Å². The number of allylic oxidation sites excluding steroid dienone is 2. The van der Waals surface area contributed by atoms with Crippen LogP contribution in [0.25, 0.3) is 0 Å². The quantitative estimate of drug-likeness (QED) is 0.583. The molecule has 0 amide bonds. The second-order valence-corrected chi connectivity index (χ2v) is 2.08. The molecule has 11 heavy (non-hydrogen) atoms. The molecule has 1 unspecified atom stereocenters. The van der Waals surface area contributed by atoms with Crippen LogP contribution >= 0.6 is 0 Å². The van der Waals surface area contributed by atoms with Crippen LogP contribution in [0.15, 0.2) is 11.5 Å². The fourth-order valence-electron chi connectivity index (χ4n) is 0.653. The molecule has 0 fully saturated rings. The first-order valence-corrected chi connectivity index (χ1v) is 3.92. The maximum atomic E-state index is 5.41. The molecule has 1 heterocycles. The van der Waals surface area contributed by atoms with E-state index in [4.69, 9.17) is 15.2 Å². The Hall–Kier alpha value is -0.700. The van der Waals surface area contributed by atoms with Crippen LogP contribution in [-0.2, 0) is 9.47 Å². The van der Waals surface area contributed by atoms with Gasteiger partial charge in [0.15, 0.2) is 6.23 Å². The van der Waals surface area contributed by atoms with Crippen molar-refractivity contribution in [2.75, 3.05) is 6.61 Å². The summed E-state index contributed by atoms with van der Waals surface area (Å²) in [6.45, 7) is 8.17. The molecular formula is C8H17NO2. The molecule has 0 aromatic rings. The van der Waals surface area contributed by atoms with Crippen molar-refractivity contribution in [1.29, 1.82) is 0 Å². The van der Waals surface area contributed by atoms with Crippen molar-refractivity contribution < 1.29 is 9.47 Å². The summed E-state index contributed by atoms with van der Waals surface area (Å²) in [5.74, 6) is 1.62. The Morgan fingerprint density at radius 2 is 1.82 bits per heavy atom. The van der Waals surface area contributed by atoms with E-state index >= 15 is 0 Å². The summed E-state index contributed by atoms with van der Waals surface area (Å²) in [4.78, 5) is 0. The molecule has 3 heteroatoms. The highest BCUT2D eigenvalue weighted by molar-refractivity contribution is 4.97. The molecule has 0 radical (unpaired) electrons. The molecule has 0 bridgehead atoms. The van der Waals surface area contributed by atoms with Gasteiger partial charge in [0, 0.05) is 0 Å².